The number of alkyl halides is 3. The first kappa shape index (κ1) is 16.8. The van der Waals surface area contributed by atoms with Gasteiger partial charge in [0, 0.05) is 44.8 Å². The van der Waals surface area contributed by atoms with Crippen molar-refractivity contribution in [2.75, 3.05) is 37.6 Å². The maximum atomic E-state index is 12.8. The van der Waals surface area contributed by atoms with Gasteiger partial charge in [0.05, 0.1) is 11.5 Å². The van der Waals surface area contributed by atoms with Gasteiger partial charge in [0.1, 0.15) is 0 Å². The highest BCUT2D eigenvalue weighted by Gasteiger charge is 2.38. The maximum Gasteiger partial charge on any atom is 0.416 e. The average molecular weight is 341 g/mol. The van der Waals surface area contributed by atoms with Gasteiger partial charge in [-0.15, -0.1) is 0 Å². The van der Waals surface area contributed by atoms with Crippen molar-refractivity contribution in [1.29, 1.82) is 0 Å². The lowest BCUT2D eigenvalue weighted by Gasteiger charge is -2.29. The number of hydrogen-bond donors (Lipinski definition) is 1. The zero-order valence-electron chi connectivity index (χ0n) is 13.0. The van der Waals surface area contributed by atoms with Crippen molar-refractivity contribution in [3.63, 3.8) is 0 Å². The number of anilines is 1. The molecule has 2 saturated heterocycles. The highest BCUT2D eigenvalue weighted by molar-refractivity contribution is 6.00. The van der Waals surface area contributed by atoms with E-state index in [9.17, 15) is 22.8 Å². The van der Waals surface area contributed by atoms with Crippen LogP contribution in [0.25, 0.3) is 0 Å². The molecule has 1 aromatic rings. The Morgan fingerprint density at radius 3 is 2.58 bits per heavy atom. The summed E-state index contributed by atoms with van der Waals surface area (Å²) in [7, 11) is 0. The first-order valence-electron chi connectivity index (χ1n) is 7.83. The Bertz CT molecular complexity index is 642. The number of amides is 2. The van der Waals surface area contributed by atoms with Crippen LogP contribution in [0.2, 0.25) is 0 Å². The Balaban J connectivity index is 1.74. The second-order valence-electron chi connectivity index (χ2n) is 6.03. The molecule has 2 aliphatic rings. The van der Waals surface area contributed by atoms with Crippen LogP contribution >= 0.6 is 0 Å². The molecule has 130 valence electrons. The topological polar surface area (TPSA) is 52.7 Å². The summed E-state index contributed by atoms with van der Waals surface area (Å²) in [5.74, 6) is -0.910. The maximum absolute atomic E-state index is 12.8. The number of nitrogens with zero attached hydrogens (tertiary/aromatic N) is 2. The van der Waals surface area contributed by atoms with Gasteiger partial charge in [-0.2, -0.15) is 13.2 Å². The zero-order chi connectivity index (χ0) is 17.3. The fourth-order valence-electron chi connectivity index (χ4n) is 3.12. The van der Waals surface area contributed by atoms with Crippen LogP contribution in [0, 0.1) is 5.92 Å². The van der Waals surface area contributed by atoms with Crippen LogP contribution in [0.3, 0.4) is 0 Å². The van der Waals surface area contributed by atoms with Gasteiger partial charge in [0.2, 0.25) is 11.8 Å². The summed E-state index contributed by atoms with van der Waals surface area (Å²) in [5, 5.41) is 3.15. The number of piperazine rings is 1. The molecular weight excluding hydrogens is 323 g/mol. The second kappa shape index (κ2) is 6.43. The molecule has 2 fully saturated rings. The van der Waals surface area contributed by atoms with Crippen molar-refractivity contribution in [2.24, 2.45) is 5.92 Å². The Kier molecular flexibility index (Phi) is 4.49. The molecule has 2 amide bonds. The minimum atomic E-state index is -4.46. The summed E-state index contributed by atoms with van der Waals surface area (Å²) in [4.78, 5) is 27.7. The van der Waals surface area contributed by atoms with Crippen LogP contribution in [-0.4, -0.2) is 49.4 Å². The summed E-state index contributed by atoms with van der Waals surface area (Å²) in [6.45, 7) is 2.73. The van der Waals surface area contributed by atoms with E-state index < -0.39 is 17.7 Å². The lowest BCUT2D eigenvalue weighted by molar-refractivity contribution is -0.137. The molecule has 0 bridgehead atoms. The van der Waals surface area contributed by atoms with E-state index >= 15 is 0 Å². The number of carbonyl (C=O) groups excluding carboxylic acids is 2. The molecule has 1 unspecified atom stereocenters. The third-order valence-corrected chi connectivity index (χ3v) is 4.39. The Morgan fingerprint density at radius 1 is 1.21 bits per heavy atom. The van der Waals surface area contributed by atoms with Crippen LogP contribution in [0.5, 0.6) is 0 Å². The average Bonchev–Trinajstić information content (AvgIpc) is 2.96. The zero-order valence-corrected chi connectivity index (χ0v) is 13.0. The number of benzene rings is 1. The molecule has 3 rings (SSSR count). The minimum absolute atomic E-state index is 0.0407. The molecule has 0 saturated carbocycles. The van der Waals surface area contributed by atoms with Crippen LogP contribution in [0.1, 0.15) is 12.0 Å². The summed E-state index contributed by atoms with van der Waals surface area (Å²) in [6.07, 6.45) is -4.42. The second-order valence-corrected chi connectivity index (χ2v) is 6.03. The van der Waals surface area contributed by atoms with Crippen LogP contribution in [0.15, 0.2) is 24.3 Å². The van der Waals surface area contributed by atoms with Gasteiger partial charge in [-0.05, 0) is 18.2 Å². The standard InChI is InChI=1S/C16H18F3N3O2/c17-16(18,19)12-2-1-3-13(9-12)22-10-11(8-14(22)23)15(24)21-6-4-20-5-7-21/h1-3,9,11,20H,4-8,10H2. The van der Waals surface area contributed by atoms with Gasteiger partial charge in [0.25, 0.3) is 0 Å². The van der Waals surface area contributed by atoms with Crippen LogP contribution < -0.4 is 10.2 Å². The van der Waals surface area contributed by atoms with Crippen molar-refractivity contribution < 1.29 is 22.8 Å². The number of hydrogen-bond acceptors (Lipinski definition) is 3. The molecule has 0 radical (unpaired) electrons. The third-order valence-electron chi connectivity index (χ3n) is 4.39. The molecule has 8 heteroatoms. The smallest absolute Gasteiger partial charge is 0.340 e. The first-order chi connectivity index (χ1) is 11.4. The van der Waals surface area contributed by atoms with Gasteiger partial charge in [-0.1, -0.05) is 6.07 Å². The highest BCUT2D eigenvalue weighted by Crippen LogP contribution is 2.33. The molecular formula is C16H18F3N3O2. The molecule has 0 aromatic heterocycles. The van der Waals surface area contributed by atoms with Crippen molar-refractivity contribution in [1.82, 2.24) is 10.2 Å². The molecule has 24 heavy (non-hydrogen) atoms. The largest absolute Gasteiger partial charge is 0.416 e. The van der Waals surface area contributed by atoms with E-state index in [1.807, 2.05) is 0 Å². The fourth-order valence-corrected chi connectivity index (χ4v) is 3.12. The van der Waals surface area contributed by atoms with E-state index in [1.165, 1.54) is 17.0 Å². The van der Waals surface area contributed by atoms with Crippen molar-refractivity contribution >= 4 is 17.5 Å². The lowest BCUT2D eigenvalue weighted by Crippen LogP contribution is -2.48. The molecule has 5 nitrogen and oxygen atoms in total. The van der Waals surface area contributed by atoms with E-state index in [0.717, 1.165) is 12.1 Å². The van der Waals surface area contributed by atoms with E-state index in [2.05, 4.69) is 5.32 Å². The third kappa shape index (κ3) is 3.38. The molecule has 2 aliphatic heterocycles. The van der Waals surface area contributed by atoms with Gasteiger partial charge in [-0.25, -0.2) is 0 Å². The minimum Gasteiger partial charge on any atom is -0.340 e. The lowest BCUT2D eigenvalue weighted by atomic mass is 10.1. The van der Waals surface area contributed by atoms with E-state index in [4.69, 9.17) is 0 Å². The highest BCUT2D eigenvalue weighted by atomic mass is 19.4. The molecule has 0 spiro atoms. The van der Waals surface area contributed by atoms with E-state index in [0.29, 0.717) is 26.2 Å². The monoisotopic (exact) mass is 341 g/mol. The summed E-state index contributed by atoms with van der Waals surface area (Å²) < 4.78 is 38.5. The van der Waals surface area contributed by atoms with Gasteiger partial charge >= 0.3 is 6.18 Å². The predicted octanol–water partition coefficient (Wildman–Crippen LogP) is 1.49. The first-order valence-corrected chi connectivity index (χ1v) is 7.83. The SMILES string of the molecule is O=C(C1CC(=O)N(c2cccc(C(F)(F)F)c2)C1)N1CCNCC1. The molecule has 2 heterocycles. The van der Waals surface area contributed by atoms with Crippen molar-refractivity contribution in [2.45, 2.75) is 12.6 Å². The quantitative estimate of drug-likeness (QED) is 0.887. The Morgan fingerprint density at radius 2 is 1.92 bits per heavy atom. The summed E-state index contributed by atoms with van der Waals surface area (Å²) in [6, 6.07) is 4.66. The molecule has 1 atom stereocenters. The van der Waals surface area contributed by atoms with Crippen molar-refractivity contribution in [3.8, 4) is 0 Å². The number of rotatable bonds is 2. The molecule has 1 N–H and O–H groups in total. The van der Waals surface area contributed by atoms with Crippen LogP contribution in [0.4, 0.5) is 18.9 Å². The van der Waals surface area contributed by atoms with Crippen molar-refractivity contribution in [3.05, 3.63) is 29.8 Å². The molecule has 0 aliphatic carbocycles. The Labute approximate surface area is 137 Å². The van der Waals surface area contributed by atoms with Crippen LogP contribution in [-0.2, 0) is 15.8 Å². The number of halogens is 3. The van der Waals surface area contributed by atoms with Gasteiger partial charge in [0.15, 0.2) is 0 Å². The number of carbonyl (C=O) groups is 2. The molecule has 1 aromatic carbocycles. The van der Waals surface area contributed by atoms with E-state index in [-0.39, 0.29) is 30.5 Å². The summed E-state index contributed by atoms with van der Waals surface area (Å²) >= 11 is 0. The summed E-state index contributed by atoms with van der Waals surface area (Å²) in [5.41, 5.74) is -0.616. The van der Waals surface area contributed by atoms with E-state index in [1.54, 1.807) is 4.90 Å². The van der Waals surface area contributed by atoms with Gasteiger partial charge < -0.3 is 15.1 Å². The normalized spacial score (nSPS) is 22.1. The predicted molar refractivity (Wildman–Crippen MR) is 81.4 cm³/mol. The van der Waals surface area contributed by atoms with Gasteiger partial charge in [-0.3, -0.25) is 9.59 Å². The number of nitrogens with one attached hydrogen (secondary N) is 1. The Hall–Kier alpha value is -2.09. The fraction of sp³-hybridized carbons (Fsp3) is 0.500.